The summed E-state index contributed by atoms with van der Waals surface area (Å²) in [5.41, 5.74) is 0.861. The van der Waals surface area contributed by atoms with Crippen LogP contribution in [0.15, 0.2) is 48.5 Å². The zero-order chi connectivity index (χ0) is 27.3. The molecule has 1 aromatic heterocycles. The minimum atomic E-state index is -4.57. The first kappa shape index (κ1) is 27.9. The number of Topliss-reactive ketones (excluding diaryl/α,β-unsaturated/α-hetero) is 1. The van der Waals surface area contributed by atoms with Crippen LogP contribution in [0.4, 0.5) is 18.9 Å². The summed E-state index contributed by atoms with van der Waals surface area (Å²) in [7, 11) is 1.54. The molecule has 10 heteroatoms. The summed E-state index contributed by atoms with van der Waals surface area (Å²) in [6, 6.07) is 12.5. The number of hydrogen-bond acceptors (Lipinski definition) is 5. The minimum absolute atomic E-state index is 0.0434. The van der Waals surface area contributed by atoms with Gasteiger partial charge in [0.15, 0.2) is 0 Å². The van der Waals surface area contributed by atoms with E-state index in [1.54, 1.807) is 31.4 Å². The van der Waals surface area contributed by atoms with Crippen molar-refractivity contribution in [1.29, 1.82) is 0 Å². The number of methoxy groups -OCH3 is 1. The molecule has 0 saturated heterocycles. The fourth-order valence-corrected chi connectivity index (χ4v) is 4.86. The zero-order valence-corrected chi connectivity index (χ0v) is 21.7. The molecule has 1 aliphatic rings. The molecule has 1 fully saturated rings. The van der Waals surface area contributed by atoms with Crippen LogP contribution < -0.4 is 10.6 Å². The molecule has 1 heterocycles. The van der Waals surface area contributed by atoms with Crippen LogP contribution in [0.1, 0.15) is 53.7 Å². The molecular formula is C28H29ClF3N3O3. The molecule has 3 aromatic rings. The van der Waals surface area contributed by atoms with E-state index in [9.17, 15) is 22.8 Å². The molecule has 0 atom stereocenters. The standard InChI is InChI=1S/C28H29ClF3N3O3/c1-38-12-11-22(36)14-17-3-2-4-18(13-17)27(37)34-21-8-6-20(7-9-21)33-25-16-26(28(30,31)32)35-24-10-5-19(29)15-23(24)25/h2-5,10,13,15-16,20-21H,6-9,11-12,14H2,1H3,(H,33,35)(H,34,37). The van der Waals surface area contributed by atoms with E-state index in [0.29, 0.717) is 60.4 Å². The van der Waals surface area contributed by atoms with Crippen LogP contribution in [0.25, 0.3) is 10.9 Å². The molecule has 4 rings (SSSR count). The minimum Gasteiger partial charge on any atom is -0.384 e. The van der Waals surface area contributed by atoms with Crippen molar-refractivity contribution in [3.8, 4) is 0 Å². The lowest BCUT2D eigenvalue weighted by atomic mass is 9.90. The number of hydrogen-bond donors (Lipinski definition) is 2. The first-order chi connectivity index (χ1) is 18.1. The Balaban J connectivity index is 1.36. The Morgan fingerprint density at radius 1 is 1.05 bits per heavy atom. The molecule has 2 N–H and O–H groups in total. The van der Waals surface area contributed by atoms with Gasteiger partial charge in [0.05, 0.1) is 12.1 Å². The lowest BCUT2D eigenvalue weighted by Gasteiger charge is -2.31. The summed E-state index contributed by atoms with van der Waals surface area (Å²) in [5, 5.41) is 7.25. The third-order valence-electron chi connectivity index (χ3n) is 6.66. The summed E-state index contributed by atoms with van der Waals surface area (Å²) in [5.74, 6) is -0.168. The van der Waals surface area contributed by atoms with Gasteiger partial charge in [-0.15, -0.1) is 0 Å². The highest BCUT2D eigenvalue weighted by Crippen LogP contribution is 2.35. The van der Waals surface area contributed by atoms with Crippen LogP contribution in [-0.4, -0.2) is 42.5 Å². The third kappa shape index (κ3) is 7.23. The number of aromatic nitrogens is 1. The maximum absolute atomic E-state index is 13.4. The van der Waals surface area contributed by atoms with Crippen molar-refractivity contribution >= 4 is 39.9 Å². The SMILES string of the molecule is COCCC(=O)Cc1cccc(C(=O)NC2CCC(Nc3cc(C(F)(F)F)nc4ccc(Cl)cc34)CC2)c1. The Hall–Kier alpha value is -3.17. The second-order valence-corrected chi connectivity index (χ2v) is 9.98. The number of carbonyl (C=O) groups excluding carboxylic acids is 2. The molecule has 0 bridgehead atoms. The number of halogens is 4. The number of pyridine rings is 1. The number of anilines is 1. The molecule has 0 radical (unpaired) electrons. The number of rotatable bonds is 9. The molecule has 1 amide bonds. The van der Waals surface area contributed by atoms with Gasteiger partial charge in [-0.2, -0.15) is 13.2 Å². The molecule has 2 aromatic carbocycles. The Morgan fingerprint density at radius 3 is 2.50 bits per heavy atom. The number of fused-ring (bicyclic) bond motifs is 1. The van der Waals surface area contributed by atoms with Crippen molar-refractivity contribution in [2.75, 3.05) is 19.0 Å². The number of nitrogens with one attached hydrogen (secondary N) is 2. The van der Waals surface area contributed by atoms with Gasteiger partial charge in [0.1, 0.15) is 11.5 Å². The number of benzene rings is 2. The highest BCUT2D eigenvalue weighted by molar-refractivity contribution is 6.31. The van der Waals surface area contributed by atoms with Crippen LogP contribution >= 0.6 is 11.6 Å². The third-order valence-corrected chi connectivity index (χ3v) is 6.89. The van der Waals surface area contributed by atoms with Crippen LogP contribution in [0.3, 0.4) is 0 Å². The summed E-state index contributed by atoms with van der Waals surface area (Å²) in [4.78, 5) is 28.6. The number of ketones is 1. The fourth-order valence-electron chi connectivity index (χ4n) is 4.69. The van der Waals surface area contributed by atoms with E-state index in [4.69, 9.17) is 16.3 Å². The predicted octanol–water partition coefficient (Wildman–Crippen LogP) is 6.21. The van der Waals surface area contributed by atoms with Crippen molar-refractivity contribution in [2.24, 2.45) is 0 Å². The van der Waals surface area contributed by atoms with Gasteiger partial charge < -0.3 is 15.4 Å². The van der Waals surface area contributed by atoms with Gasteiger partial charge in [0.2, 0.25) is 0 Å². The highest BCUT2D eigenvalue weighted by Gasteiger charge is 2.34. The highest BCUT2D eigenvalue weighted by atomic mass is 35.5. The smallest absolute Gasteiger partial charge is 0.384 e. The second kappa shape index (κ2) is 12.1. The summed E-state index contributed by atoms with van der Waals surface area (Å²) in [6.45, 7) is 0.366. The van der Waals surface area contributed by atoms with E-state index in [2.05, 4.69) is 15.6 Å². The Labute approximate surface area is 223 Å². The van der Waals surface area contributed by atoms with E-state index < -0.39 is 11.9 Å². The van der Waals surface area contributed by atoms with Crippen molar-refractivity contribution in [2.45, 2.75) is 56.8 Å². The topological polar surface area (TPSA) is 80.3 Å². The molecule has 202 valence electrons. The van der Waals surface area contributed by atoms with Crippen LogP contribution in [0, 0.1) is 0 Å². The van der Waals surface area contributed by atoms with E-state index in [1.165, 1.54) is 12.1 Å². The van der Waals surface area contributed by atoms with Crippen LogP contribution in [0.5, 0.6) is 0 Å². The summed E-state index contributed by atoms with van der Waals surface area (Å²) >= 11 is 6.10. The quantitative estimate of drug-likeness (QED) is 0.333. The number of carbonyl (C=O) groups is 2. The summed E-state index contributed by atoms with van der Waals surface area (Å²) < 4.78 is 45.2. The maximum Gasteiger partial charge on any atom is 0.433 e. The van der Waals surface area contributed by atoms with E-state index in [0.717, 1.165) is 11.6 Å². The average Bonchev–Trinajstić information content (AvgIpc) is 2.88. The van der Waals surface area contributed by atoms with Gasteiger partial charge in [-0.1, -0.05) is 23.7 Å². The molecule has 0 aliphatic heterocycles. The maximum atomic E-state index is 13.4. The number of alkyl halides is 3. The first-order valence-corrected chi connectivity index (χ1v) is 12.8. The fraction of sp³-hybridized carbons (Fsp3) is 0.393. The van der Waals surface area contributed by atoms with Gasteiger partial charge in [-0.05, 0) is 67.6 Å². The molecule has 6 nitrogen and oxygen atoms in total. The van der Waals surface area contributed by atoms with Gasteiger partial charge in [-0.3, -0.25) is 9.59 Å². The number of nitrogens with zero attached hydrogens (tertiary/aromatic N) is 1. The molecular weight excluding hydrogens is 519 g/mol. The first-order valence-electron chi connectivity index (χ1n) is 12.5. The van der Waals surface area contributed by atoms with E-state index in [1.807, 2.05) is 6.07 Å². The van der Waals surface area contributed by atoms with Gasteiger partial charge >= 0.3 is 6.18 Å². The molecule has 1 aliphatic carbocycles. The Morgan fingerprint density at radius 2 is 1.79 bits per heavy atom. The molecule has 1 saturated carbocycles. The predicted molar refractivity (Wildman–Crippen MR) is 141 cm³/mol. The molecule has 0 spiro atoms. The van der Waals surface area contributed by atoms with E-state index in [-0.39, 0.29) is 35.7 Å². The van der Waals surface area contributed by atoms with Crippen molar-refractivity contribution in [3.05, 3.63) is 70.4 Å². The van der Waals surface area contributed by atoms with Crippen molar-refractivity contribution < 1.29 is 27.5 Å². The normalized spacial score (nSPS) is 17.8. The summed E-state index contributed by atoms with van der Waals surface area (Å²) in [6.07, 6.45) is -1.31. The largest absolute Gasteiger partial charge is 0.433 e. The van der Waals surface area contributed by atoms with Gasteiger partial charge in [0.25, 0.3) is 5.91 Å². The monoisotopic (exact) mass is 547 g/mol. The lowest BCUT2D eigenvalue weighted by molar-refractivity contribution is -0.140. The van der Waals surface area contributed by atoms with Crippen LogP contribution in [0.2, 0.25) is 5.02 Å². The Bertz CT molecular complexity index is 1310. The number of ether oxygens (including phenoxy) is 1. The lowest BCUT2D eigenvalue weighted by Crippen LogP contribution is -2.40. The molecule has 0 unspecified atom stereocenters. The van der Waals surface area contributed by atoms with Crippen molar-refractivity contribution in [3.63, 3.8) is 0 Å². The Kier molecular flexibility index (Phi) is 8.89. The average molecular weight is 548 g/mol. The second-order valence-electron chi connectivity index (χ2n) is 9.54. The number of amides is 1. The van der Waals surface area contributed by atoms with Crippen molar-refractivity contribution in [1.82, 2.24) is 10.3 Å². The van der Waals surface area contributed by atoms with Crippen LogP contribution in [-0.2, 0) is 22.1 Å². The molecule has 38 heavy (non-hydrogen) atoms. The van der Waals surface area contributed by atoms with E-state index >= 15 is 0 Å². The van der Waals surface area contributed by atoms with Gasteiger partial charge in [0, 0.05) is 53.7 Å². The van der Waals surface area contributed by atoms with Gasteiger partial charge in [-0.25, -0.2) is 4.98 Å². The zero-order valence-electron chi connectivity index (χ0n) is 20.9.